The van der Waals surface area contributed by atoms with Gasteiger partial charge >= 0.3 is 0 Å². The average molecular weight is 284 g/mol. The third kappa shape index (κ3) is 5.34. The van der Waals surface area contributed by atoms with Crippen molar-refractivity contribution in [3.05, 3.63) is 0 Å². The number of hydrogen-bond donors (Lipinski definition) is 2. The predicted octanol–water partition coefficient (Wildman–Crippen LogP) is 2.88. The molecule has 1 aliphatic rings. The molecule has 3 nitrogen and oxygen atoms in total. The zero-order valence-corrected chi connectivity index (χ0v) is 14.3. The Labute approximate surface area is 126 Å². The number of rotatable bonds is 7. The van der Waals surface area contributed by atoms with Crippen molar-refractivity contribution in [1.82, 2.24) is 10.2 Å². The summed E-state index contributed by atoms with van der Waals surface area (Å²) in [6.45, 7) is 14.9. The van der Waals surface area contributed by atoms with E-state index in [9.17, 15) is 5.11 Å². The molecule has 3 atom stereocenters. The lowest BCUT2D eigenvalue weighted by molar-refractivity contribution is 0.116. The first kappa shape index (κ1) is 17.9. The van der Waals surface area contributed by atoms with Crippen molar-refractivity contribution < 1.29 is 5.11 Å². The van der Waals surface area contributed by atoms with Crippen LogP contribution < -0.4 is 5.32 Å². The van der Waals surface area contributed by atoms with Crippen molar-refractivity contribution in [1.29, 1.82) is 0 Å². The van der Waals surface area contributed by atoms with Gasteiger partial charge < -0.3 is 15.3 Å². The zero-order valence-electron chi connectivity index (χ0n) is 14.3. The molecule has 1 fully saturated rings. The summed E-state index contributed by atoms with van der Waals surface area (Å²) in [7, 11) is 0. The normalized spacial score (nSPS) is 26.2. The average Bonchev–Trinajstić information content (AvgIpc) is 2.64. The third-order valence-corrected chi connectivity index (χ3v) is 5.07. The van der Waals surface area contributed by atoms with E-state index in [0.29, 0.717) is 6.04 Å². The number of nitrogens with zero attached hydrogens (tertiary/aromatic N) is 1. The van der Waals surface area contributed by atoms with E-state index >= 15 is 0 Å². The molecule has 1 saturated heterocycles. The largest absolute Gasteiger partial charge is 0.394 e. The van der Waals surface area contributed by atoms with E-state index in [2.05, 4.69) is 44.8 Å². The van der Waals surface area contributed by atoms with Crippen LogP contribution in [0.1, 0.15) is 60.3 Å². The Balaban J connectivity index is 2.52. The van der Waals surface area contributed by atoms with Crippen molar-refractivity contribution in [2.75, 3.05) is 26.2 Å². The molecule has 0 aromatic rings. The van der Waals surface area contributed by atoms with E-state index in [4.69, 9.17) is 0 Å². The first-order valence-corrected chi connectivity index (χ1v) is 8.51. The number of aliphatic hydroxyl groups is 1. The van der Waals surface area contributed by atoms with Crippen LogP contribution in [0.2, 0.25) is 0 Å². The Bertz CT molecular complexity index is 270. The number of likely N-dealkylation sites (N-methyl/N-ethyl adjacent to an activating group) is 1. The monoisotopic (exact) mass is 284 g/mol. The Morgan fingerprint density at radius 1 is 1.25 bits per heavy atom. The molecule has 0 bridgehead atoms. The molecule has 0 saturated carbocycles. The van der Waals surface area contributed by atoms with Gasteiger partial charge in [0.1, 0.15) is 0 Å². The van der Waals surface area contributed by atoms with Gasteiger partial charge in [0.25, 0.3) is 0 Å². The molecule has 1 rings (SSSR count). The van der Waals surface area contributed by atoms with Gasteiger partial charge in [-0.15, -0.1) is 0 Å². The minimum atomic E-state index is -0.141. The van der Waals surface area contributed by atoms with Crippen LogP contribution in [0, 0.1) is 11.8 Å². The summed E-state index contributed by atoms with van der Waals surface area (Å²) >= 11 is 0. The summed E-state index contributed by atoms with van der Waals surface area (Å²) in [5, 5.41) is 13.1. The molecule has 3 heteroatoms. The highest BCUT2D eigenvalue weighted by Gasteiger charge is 2.29. The number of aliphatic hydroxyl groups excluding tert-OH is 1. The minimum Gasteiger partial charge on any atom is -0.394 e. The summed E-state index contributed by atoms with van der Waals surface area (Å²) < 4.78 is 0. The van der Waals surface area contributed by atoms with E-state index in [0.717, 1.165) is 24.8 Å². The van der Waals surface area contributed by atoms with Crippen LogP contribution in [0.25, 0.3) is 0 Å². The Kier molecular flexibility index (Phi) is 7.49. The number of likely N-dealkylation sites (tertiary alicyclic amines) is 1. The Hall–Kier alpha value is -0.120. The predicted molar refractivity (Wildman–Crippen MR) is 87.0 cm³/mol. The molecular formula is C17H36N2O. The molecule has 20 heavy (non-hydrogen) atoms. The van der Waals surface area contributed by atoms with Crippen LogP contribution in [0.4, 0.5) is 0 Å². The summed E-state index contributed by atoms with van der Waals surface area (Å²) in [5.41, 5.74) is -0.141. The van der Waals surface area contributed by atoms with Crippen molar-refractivity contribution in [2.45, 2.75) is 71.9 Å². The Morgan fingerprint density at radius 3 is 2.50 bits per heavy atom. The zero-order chi connectivity index (χ0) is 15.2. The molecule has 1 heterocycles. The van der Waals surface area contributed by atoms with Crippen LogP contribution in [0.5, 0.6) is 0 Å². The number of hydrogen-bond acceptors (Lipinski definition) is 3. The fourth-order valence-corrected chi connectivity index (χ4v) is 3.65. The van der Waals surface area contributed by atoms with Crippen molar-refractivity contribution >= 4 is 0 Å². The van der Waals surface area contributed by atoms with Crippen LogP contribution in [0.15, 0.2) is 0 Å². The van der Waals surface area contributed by atoms with Crippen LogP contribution >= 0.6 is 0 Å². The lowest BCUT2D eigenvalue weighted by Gasteiger charge is -2.36. The standard InChI is InChI=1S/C17H36N2O/c1-6-18-17(5,13-20)12-15(4)19-10-7-8-16(9-11-19)14(2)3/h14-16,18,20H,6-13H2,1-5H3. The van der Waals surface area contributed by atoms with E-state index in [1.165, 1.54) is 32.4 Å². The summed E-state index contributed by atoms with van der Waals surface area (Å²) in [4.78, 5) is 2.63. The van der Waals surface area contributed by atoms with Crippen LogP contribution in [0.3, 0.4) is 0 Å². The maximum absolute atomic E-state index is 9.65. The molecule has 1 aliphatic heterocycles. The van der Waals surface area contributed by atoms with Crippen molar-refractivity contribution in [3.8, 4) is 0 Å². The highest BCUT2D eigenvalue weighted by Crippen LogP contribution is 2.26. The van der Waals surface area contributed by atoms with Gasteiger partial charge in [0.05, 0.1) is 6.61 Å². The fourth-order valence-electron chi connectivity index (χ4n) is 3.65. The maximum atomic E-state index is 9.65. The first-order valence-electron chi connectivity index (χ1n) is 8.51. The van der Waals surface area contributed by atoms with Gasteiger partial charge in [0, 0.05) is 11.6 Å². The third-order valence-electron chi connectivity index (χ3n) is 5.07. The van der Waals surface area contributed by atoms with Gasteiger partial charge in [-0.05, 0) is 71.0 Å². The topological polar surface area (TPSA) is 35.5 Å². The molecule has 0 amide bonds. The van der Waals surface area contributed by atoms with Gasteiger partial charge in [-0.25, -0.2) is 0 Å². The fraction of sp³-hybridized carbons (Fsp3) is 1.00. The van der Waals surface area contributed by atoms with E-state index in [1.807, 2.05) is 0 Å². The summed E-state index contributed by atoms with van der Waals surface area (Å²) in [6, 6.07) is 0.539. The molecule has 0 aromatic carbocycles. The van der Waals surface area contributed by atoms with E-state index in [1.54, 1.807) is 0 Å². The van der Waals surface area contributed by atoms with E-state index in [-0.39, 0.29) is 12.1 Å². The molecular weight excluding hydrogens is 248 g/mol. The molecule has 0 radical (unpaired) electrons. The Morgan fingerprint density at radius 2 is 1.95 bits per heavy atom. The van der Waals surface area contributed by atoms with Crippen molar-refractivity contribution in [2.24, 2.45) is 11.8 Å². The maximum Gasteiger partial charge on any atom is 0.0611 e. The first-order chi connectivity index (χ1) is 9.41. The smallest absolute Gasteiger partial charge is 0.0611 e. The second-order valence-electron chi connectivity index (χ2n) is 7.27. The van der Waals surface area contributed by atoms with Gasteiger partial charge in [-0.2, -0.15) is 0 Å². The van der Waals surface area contributed by atoms with Gasteiger partial charge in [0.15, 0.2) is 0 Å². The lowest BCUT2D eigenvalue weighted by Crippen LogP contribution is -2.50. The van der Waals surface area contributed by atoms with Gasteiger partial charge in [0.2, 0.25) is 0 Å². The highest BCUT2D eigenvalue weighted by atomic mass is 16.3. The number of nitrogens with one attached hydrogen (secondary N) is 1. The van der Waals surface area contributed by atoms with Gasteiger partial charge in [-0.3, -0.25) is 0 Å². The van der Waals surface area contributed by atoms with Crippen LogP contribution in [-0.4, -0.2) is 47.8 Å². The SMILES string of the molecule is CCNC(C)(CO)CC(C)N1CCCC(C(C)C)CC1. The van der Waals surface area contributed by atoms with Crippen LogP contribution in [-0.2, 0) is 0 Å². The summed E-state index contributed by atoms with van der Waals surface area (Å²) in [6.07, 6.45) is 5.05. The lowest BCUT2D eigenvalue weighted by atomic mass is 9.89. The summed E-state index contributed by atoms with van der Waals surface area (Å²) in [5.74, 6) is 1.71. The highest BCUT2D eigenvalue weighted by molar-refractivity contribution is 4.87. The minimum absolute atomic E-state index is 0.141. The molecule has 0 aromatic heterocycles. The quantitative estimate of drug-likeness (QED) is 0.754. The molecule has 120 valence electrons. The molecule has 3 unspecified atom stereocenters. The second-order valence-corrected chi connectivity index (χ2v) is 7.27. The molecule has 0 aliphatic carbocycles. The van der Waals surface area contributed by atoms with Gasteiger partial charge in [-0.1, -0.05) is 20.8 Å². The molecule has 2 N–H and O–H groups in total. The molecule has 0 spiro atoms. The van der Waals surface area contributed by atoms with Crippen molar-refractivity contribution in [3.63, 3.8) is 0 Å². The van der Waals surface area contributed by atoms with E-state index < -0.39 is 0 Å². The second kappa shape index (κ2) is 8.35.